The van der Waals surface area contributed by atoms with Crippen molar-refractivity contribution in [3.8, 4) is 0 Å². The van der Waals surface area contributed by atoms with Crippen LogP contribution in [0.1, 0.15) is 113 Å². The molecular formula is C32H51NO2. The summed E-state index contributed by atoms with van der Waals surface area (Å²) in [5.74, 6) is -1.13. The van der Waals surface area contributed by atoms with Gasteiger partial charge in [0.05, 0.1) is 26.6 Å². The summed E-state index contributed by atoms with van der Waals surface area (Å²) in [6.45, 7) is 4.75. The van der Waals surface area contributed by atoms with Crippen molar-refractivity contribution in [1.82, 2.24) is 0 Å². The average Bonchev–Trinajstić information content (AvgIpc) is 2.85. The number of carboxylic acids is 1. The average molecular weight is 482 g/mol. The normalized spacial score (nSPS) is 11.1. The molecule has 3 heteroatoms. The minimum atomic E-state index is -1.13. The second kappa shape index (κ2) is 20.1. The second-order valence-electron chi connectivity index (χ2n) is 10.6. The predicted molar refractivity (Wildman–Crippen MR) is 148 cm³/mol. The maximum Gasteiger partial charge on any atom is 0.104 e. The Hall–Kier alpha value is -2.13. The lowest BCUT2D eigenvalue weighted by atomic mass is 10.0. The van der Waals surface area contributed by atoms with E-state index in [2.05, 4.69) is 51.4 Å². The molecule has 0 unspecified atom stereocenters. The number of carboxylic acid groups (broad SMARTS) is 1. The van der Waals surface area contributed by atoms with Crippen LogP contribution in [0.4, 0.5) is 0 Å². The lowest BCUT2D eigenvalue weighted by molar-refractivity contribution is -0.903. The summed E-state index contributed by atoms with van der Waals surface area (Å²) < 4.78 is 1.11. The molecule has 2 rings (SSSR count). The van der Waals surface area contributed by atoms with Crippen LogP contribution in [-0.4, -0.2) is 31.1 Å². The summed E-state index contributed by atoms with van der Waals surface area (Å²) in [6.07, 6.45) is 20.2. The van der Waals surface area contributed by atoms with Crippen LogP contribution in [0.25, 0.3) is 0 Å². The smallest absolute Gasteiger partial charge is 0.104 e. The first kappa shape index (κ1) is 30.9. The van der Waals surface area contributed by atoms with E-state index >= 15 is 0 Å². The van der Waals surface area contributed by atoms with E-state index < -0.39 is 5.97 Å². The van der Waals surface area contributed by atoms with Crippen molar-refractivity contribution in [2.24, 2.45) is 0 Å². The molecule has 35 heavy (non-hydrogen) atoms. The second-order valence-corrected chi connectivity index (χ2v) is 10.6. The van der Waals surface area contributed by atoms with Crippen LogP contribution in [0, 0.1) is 0 Å². The van der Waals surface area contributed by atoms with Crippen molar-refractivity contribution in [1.29, 1.82) is 0 Å². The van der Waals surface area contributed by atoms with Gasteiger partial charge < -0.3 is 14.4 Å². The summed E-state index contributed by atoms with van der Waals surface area (Å²) in [7, 11) is 4.74. The van der Waals surface area contributed by atoms with E-state index in [1.807, 2.05) is 0 Å². The predicted octanol–water partition coefficient (Wildman–Crippen LogP) is 7.79. The van der Waals surface area contributed by atoms with Crippen molar-refractivity contribution in [3.63, 3.8) is 0 Å². The van der Waals surface area contributed by atoms with Crippen molar-refractivity contribution >= 4 is 5.97 Å². The molecule has 0 aromatic heterocycles. The molecular weight excluding hydrogens is 430 g/mol. The molecule has 0 fully saturated rings. The number of hydrogen-bond donors (Lipinski definition) is 0. The first-order valence-electron chi connectivity index (χ1n) is 14.1. The Morgan fingerprint density at radius 3 is 1.43 bits per heavy atom. The Balaban J connectivity index is 0.000000566. The monoisotopic (exact) mass is 481 g/mol. The number of carbonyl (C=O) groups is 1. The zero-order valence-electron chi connectivity index (χ0n) is 22.9. The summed E-state index contributed by atoms with van der Waals surface area (Å²) >= 11 is 0. The maximum atomic E-state index is 10.1. The number of hydrogen-bond acceptors (Lipinski definition) is 2. The highest BCUT2D eigenvalue weighted by atomic mass is 16.4. The van der Waals surface area contributed by atoms with Crippen molar-refractivity contribution in [2.75, 3.05) is 20.6 Å². The van der Waals surface area contributed by atoms with Gasteiger partial charge in [0.25, 0.3) is 0 Å². The molecule has 2 aromatic rings. The van der Waals surface area contributed by atoms with E-state index in [4.69, 9.17) is 0 Å². The molecule has 0 aliphatic heterocycles. The van der Waals surface area contributed by atoms with E-state index in [1.165, 1.54) is 114 Å². The van der Waals surface area contributed by atoms with Gasteiger partial charge in [-0.1, -0.05) is 145 Å². The van der Waals surface area contributed by atoms with E-state index in [1.54, 1.807) is 18.2 Å². The fourth-order valence-corrected chi connectivity index (χ4v) is 4.47. The third-order valence-electron chi connectivity index (χ3n) is 6.58. The number of quaternary nitrogens is 1. The molecule has 0 heterocycles. The number of nitrogens with zero attached hydrogens (tertiary/aromatic N) is 1. The molecule has 196 valence electrons. The number of unbranched alkanes of at least 4 members (excludes halogenated alkanes) is 13. The summed E-state index contributed by atoms with van der Waals surface area (Å²) in [5.41, 5.74) is 1.68. The zero-order valence-corrected chi connectivity index (χ0v) is 22.9. The highest BCUT2D eigenvalue weighted by Crippen LogP contribution is 2.15. The fraction of sp³-hybridized carbons (Fsp3) is 0.594. The number of rotatable bonds is 18. The molecule has 3 nitrogen and oxygen atoms in total. The van der Waals surface area contributed by atoms with Crippen LogP contribution in [0.5, 0.6) is 0 Å². The lowest BCUT2D eigenvalue weighted by Crippen LogP contribution is -2.39. The van der Waals surface area contributed by atoms with Gasteiger partial charge in [-0.25, -0.2) is 0 Å². The van der Waals surface area contributed by atoms with Crippen LogP contribution in [0.15, 0.2) is 60.7 Å². The zero-order chi connectivity index (χ0) is 25.6. The van der Waals surface area contributed by atoms with Gasteiger partial charge >= 0.3 is 0 Å². The van der Waals surface area contributed by atoms with Gasteiger partial charge in [-0.15, -0.1) is 0 Å². The third kappa shape index (κ3) is 17.9. The molecule has 0 N–H and O–H groups in total. The van der Waals surface area contributed by atoms with Gasteiger partial charge in [0.2, 0.25) is 0 Å². The molecule has 2 aromatic carbocycles. The van der Waals surface area contributed by atoms with E-state index in [-0.39, 0.29) is 5.56 Å². The molecule has 0 bridgehead atoms. The van der Waals surface area contributed by atoms with Crippen LogP contribution < -0.4 is 5.11 Å². The van der Waals surface area contributed by atoms with Crippen LogP contribution in [-0.2, 0) is 6.54 Å². The highest BCUT2D eigenvalue weighted by Gasteiger charge is 2.14. The van der Waals surface area contributed by atoms with E-state index in [0.29, 0.717) is 0 Å². The topological polar surface area (TPSA) is 40.1 Å². The first-order valence-corrected chi connectivity index (χ1v) is 14.1. The molecule has 0 aliphatic carbocycles. The van der Waals surface area contributed by atoms with Crippen molar-refractivity contribution in [3.05, 3.63) is 71.8 Å². The Morgan fingerprint density at radius 1 is 0.629 bits per heavy atom. The maximum absolute atomic E-state index is 10.1. The first-order chi connectivity index (χ1) is 16.9. The summed E-state index contributed by atoms with van der Waals surface area (Å²) in [6, 6.07) is 19.0. The molecule has 0 aliphatic rings. The Labute approximate surface area is 216 Å². The minimum Gasteiger partial charge on any atom is -0.545 e. The third-order valence-corrected chi connectivity index (χ3v) is 6.58. The molecule has 0 amide bonds. The quantitative estimate of drug-likeness (QED) is 0.161. The van der Waals surface area contributed by atoms with Crippen LogP contribution in [0.2, 0.25) is 0 Å². The standard InChI is InChI=1S/C25H46N.C7H6O2/c1-4-5-6-7-8-9-10-11-12-13-14-15-16-20-23-26(2,3)24-25-21-18-17-19-22-25;8-7(9)6-4-2-1-3-5-6/h17-19,21-22H,4-16,20,23-24H2,1-3H3;1-5H,(H,8,9)/q+1;/p-1. The van der Waals surface area contributed by atoms with Crippen LogP contribution in [0.3, 0.4) is 0 Å². The Morgan fingerprint density at radius 2 is 1.03 bits per heavy atom. The minimum absolute atomic E-state index is 0.220. The van der Waals surface area contributed by atoms with Gasteiger partial charge in [0, 0.05) is 5.56 Å². The molecule has 0 atom stereocenters. The van der Waals surface area contributed by atoms with Crippen LogP contribution >= 0.6 is 0 Å². The largest absolute Gasteiger partial charge is 0.545 e. The lowest BCUT2D eigenvalue weighted by Gasteiger charge is -2.30. The van der Waals surface area contributed by atoms with Crippen molar-refractivity contribution in [2.45, 2.75) is 103 Å². The van der Waals surface area contributed by atoms with Gasteiger partial charge in [-0.3, -0.25) is 0 Å². The molecule has 0 radical (unpaired) electrons. The Kier molecular flexibility index (Phi) is 17.7. The molecule has 0 saturated heterocycles. The van der Waals surface area contributed by atoms with Gasteiger partial charge in [-0.2, -0.15) is 0 Å². The SMILES string of the molecule is CCCCCCCCCCCCCCCC[N+](C)(C)Cc1ccccc1.O=C([O-])c1ccccc1. The fourth-order valence-electron chi connectivity index (χ4n) is 4.47. The van der Waals surface area contributed by atoms with Crippen molar-refractivity contribution < 1.29 is 14.4 Å². The number of carbonyl (C=O) groups excluding carboxylic acids is 1. The van der Waals surface area contributed by atoms with E-state index in [0.717, 1.165) is 11.0 Å². The van der Waals surface area contributed by atoms with Gasteiger partial charge in [0.1, 0.15) is 6.54 Å². The van der Waals surface area contributed by atoms with Gasteiger partial charge in [0.15, 0.2) is 0 Å². The highest BCUT2D eigenvalue weighted by molar-refractivity contribution is 5.85. The molecule has 0 spiro atoms. The molecule has 0 saturated carbocycles. The number of benzene rings is 2. The number of aromatic carboxylic acids is 1. The Bertz CT molecular complexity index is 743. The van der Waals surface area contributed by atoms with E-state index in [9.17, 15) is 9.90 Å². The van der Waals surface area contributed by atoms with Gasteiger partial charge in [-0.05, 0) is 18.4 Å². The summed E-state index contributed by atoms with van der Waals surface area (Å²) in [5, 5.41) is 10.1. The summed E-state index contributed by atoms with van der Waals surface area (Å²) in [4.78, 5) is 10.1.